The number of thiophene rings is 1. The van der Waals surface area contributed by atoms with Crippen LogP contribution >= 0.6 is 11.3 Å². The second kappa shape index (κ2) is 6.93. The van der Waals surface area contributed by atoms with Crippen molar-refractivity contribution in [2.75, 3.05) is 13.1 Å². The molecule has 1 saturated carbocycles. The van der Waals surface area contributed by atoms with Gasteiger partial charge in [0.25, 0.3) is 0 Å². The van der Waals surface area contributed by atoms with E-state index < -0.39 is 0 Å². The van der Waals surface area contributed by atoms with Gasteiger partial charge in [-0.1, -0.05) is 19.8 Å². The molecule has 116 valence electrons. The van der Waals surface area contributed by atoms with Crippen molar-refractivity contribution in [3.8, 4) is 0 Å². The molecule has 4 heteroatoms. The van der Waals surface area contributed by atoms with Crippen LogP contribution in [0.5, 0.6) is 0 Å². The number of rotatable bonds is 3. The predicted molar refractivity (Wildman–Crippen MR) is 87.5 cm³/mol. The van der Waals surface area contributed by atoms with Crippen molar-refractivity contribution >= 4 is 17.2 Å². The summed E-state index contributed by atoms with van der Waals surface area (Å²) >= 11 is 1.82. The third kappa shape index (κ3) is 3.86. The highest BCUT2D eigenvalue weighted by Gasteiger charge is 2.22. The number of carbonyl (C=O) groups is 1. The molecule has 1 fully saturated rings. The molecule has 0 spiro atoms. The fourth-order valence-corrected chi connectivity index (χ4v) is 4.39. The summed E-state index contributed by atoms with van der Waals surface area (Å²) in [6.45, 7) is 4.55. The van der Waals surface area contributed by atoms with Gasteiger partial charge in [-0.2, -0.15) is 0 Å². The van der Waals surface area contributed by atoms with Gasteiger partial charge in [0.15, 0.2) is 0 Å². The van der Waals surface area contributed by atoms with Gasteiger partial charge in [-0.05, 0) is 48.6 Å². The van der Waals surface area contributed by atoms with Gasteiger partial charge >= 0.3 is 0 Å². The molecule has 0 saturated heterocycles. The second-order valence-corrected chi connectivity index (χ2v) is 7.63. The Morgan fingerprint density at radius 2 is 2.29 bits per heavy atom. The van der Waals surface area contributed by atoms with E-state index in [1.807, 2.05) is 16.2 Å². The van der Waals surface area contributed by atoms with Crippen molar-refractivity contribution in [2.24, 2.45) is 5.92 Å². The van der Waals surface area contributed by atoms with E-state index in [-0.39, 0.29) is 5.91 Å². The Balaban J connectivity index is 1.46. The van der Waals surface area contributed by atoms with Crippen LogP contribution in [0, 0.1) is 5.92 Å². The van der Waals surface area contributed by atoms with E-state index in [4.69, 9.17) is 0 Å². The van der Waals surface area contributed by atoms with E-state index in [9.17, 15) is 4.79 Å². The highest BCUT2D eigenvalue weighted by Crippen LogP contribution is 2.24. The average Bonchev–Trinajstić information content (AvgIpc) is 2.86. The molecule has 1 aliphatic heterocycles. The molecule has 2 aliphatic rings. The molecule has 0 radical (unpaired) electrons. The Bertz CT molecular complexity index is 485. The van der Waals surface area contributed by atoms with Crippen molar-refractivity contribution in [3.05, 3.63) is 21.9 Å². The third-order valence-electron chi connectivity index (χ3n) is 4.96. The molecular formula is C17H26N2OS. The molecule has 3 rings (SSSR count). The van der Waals surface area contributed by atoms with Gasteiger partial charge in [0.2, 0.25) is 5.91 Å². The zero-order valence-corrected chi connectivity index (χ0v) is 13.8. The maximum absolute atomic E-state index is 12.4. The number of carbonyl (C=O) groups excluding carboxylic acids is 1. The minimum absolute atomic E-state index is 0.268. The van der Waals surface area contributed by atoms with Gasteiger partial charge in [-0.15, -0.1) is 11.3 Å². The maximum atomic E-state index is 12.4. The minimum atomic E-state index is 0.268. The van der Waals surface area contributed by atoms with Gasteiger partial charge in [-0.25, -0.2) is 0 Å². The highest BCUT2D eigenvalue weighted by molar-refractivity contribution is 7.10. The maximum Gasteiger partial charge on any atom is 0.236 e. The third-order valence-corrected chi connectivity index (χ3v) is 5.98. The monoisotopic (exact) mass is 306 g/mol. The molecule has 0 aromatic carbocycles. The van der Waals surface area contributed by atoms with Crippen LogP contribution in [0.1, 0.15) is 49.5 Å². The van der Waals surface area contributed by atoms with E-state index in [0.717, 1.165) is 25.4 Å². The smallest absolute Gasteiger partial charge is 0.236 e. The van der Waals surface area contributed by atoms with Gasteiger partial charge in [0.05, 0.1) is 6.54 Å². The Hall–Kier alpha value is -0.870. The standard InChI is InChI=1S/C17H26N2OS/c1-13-3-2-4-15(6-5-13)18-11-17(20)19-9-7-16-14(12-19)8-10-21-16/h8,10,13,15,18H,2-7,9,11-12H2,1H3. The first-order valence-electron chi connectivity index (χ1n) is 8.29. The normalized spacial score (nSPS) is 26.2. The van der Waals surface area contributed by atoms with Crippen LogP contribution in [-0.4, -0.2) is 29.9 Å². The fraction of sp³-hybridized carbons (Fsp3) is 0.706. The lowest BCUT2D eigenvalue weighted by Gasteiger charge is -2.28. The highest BCUT2D eigenvalue weighted by atomic mass is 32.1. The Labute approximate surface area is 131 Å². The van der Waals surface area contributed by atoms with Crippen LogP contribution < -0.4 is 5.32 Å². The summed E-state index contributed by atoms with van der Waals surface area (Å²) in [5.74, 6) is 1.12. The van der Waals surface area contributed by atoms with E-state index in [2.05, 4.69) is 23.7 Å². The zero-order valence-electron chi connectivity index (χ0n) is 12.9. The summed E-state index contributed by atoms with van der Waals surface area (Å²) in [5, 5.41) is 5.65. The van der Waals surface area contributed by atoms with Crippen LogP contribution in [0.3, 0.4) is 0 Å². The topological polar surface area (TPSA) is 32.3 Å². The fourth-order valence-electron chi connectivity index (χ4n) is 3.50. The molecule has 1 aromatic rings. The lowest BCUT2D eigenvalue weighted by Crippen LogP contribution is -2.43. The molecule has 3 nitrogen and oxygen atoms in total. The van der Waals surface area contributed by atoms with Crippen LogP contribution in [0.15, 0.2) is 11.4 Å². The zero-order chi connectivity index (χ0) is 14.7. The summed E-state index contributed by atoms with van der Waals surface area (Å²) in [7, 11) is 0. The van der Waals surface area contributed by atoms with Crippen LogP contribution in [0.4, 0.5) is 0 Å². The molecular weight excluding hydrogens is 280 g/mol. The van der Waals surface area contributed by atoms with E-state index in [1.165, 1.54) is 42.5 Å². The lowest BCUT2D eigenvalue weighted by atomic mass is 10.0. The SMILES string of the molecule is CC1CCCC(NCC(=O)N2CCc3sccc3C2)CC1. The van der Waals surface area contributed by atoms with Crippen molar-refractivity contribution < 1.29 is 4.79 Å². The molecule has 0 bridgehead atoms. The van der Waals surface area contributed by atoms with Gasteiger partial charge in [0.1, 0.15) is 0 Å². The molecule has 2 unspecified atom stereocenters. The summed E-state index contributed by atoms with van der Waals surface area (Å²) < 4.78 is 0. The number of nitrogens with one attached hydrogen (secondary N) is 1. The Kier molecular flexibility index (Phi) is 4.96. The second-order valence-electron chi connectivity index (χ2n) is 6.63. The number of hydrogen-bond donors (Lipinski definition) is 1. The average molecular weight is 306 g/mol. The van der Waals surface area contributed by atoms with Gasteiger partial charge in [-0.3, -0.25) is 4.79 Å². The van der Waals surface area contributed by atoms with E-state index in [0.29, 0.717) is 12.6 Å². The van der Waals surface area contributed by atoms with Crippen LogP contribution in [0.2, 0.25) is 0 Å². The van der Waals surface area contributed by atoms with Crippen LogP contribution in [-0.2, 0) is 17.8 Å². The Morgan fingerprint density at radius 1 is 1.38 bits per heavy atom. The van der Waals surface area contributed by atoms with Crippen molar-refractivity contribution in [1.82, 2.24) is 10.2 Å². The number of amides is 1. The number of hydrogen-bond acceptors (Lipinski definition) is 3. The predicted octanol–water partition coefficient (Wildman–Crippen LogP) is 3.19. The van der Waals surface area contributed by atoms with Gasteiger partial charge in [0, 0.05) is 24.0 Å². The molecule has 1 aliphatic carbocycles. The minimum Gasteiger partial charge on any atom is -0.337 e. The van der Waals surface area contributed by atoms with Crippen molar-refractivity contribution in [1.29, 1.82) is 0 Å². The largest absolute Gasteiger partial charge is 0.337 e. The van der Waals surface area contributed by atoms with Crippen molar-refractivity contribution in [3.63, 3.8) is 0 Å². The van der Waals surface area contributed by atoms with Crippen molar-refractivity contribution in [2.45, 2.75) is 58.0 Å². The summed E-state index contributed by atoms with van der Waals surface area (Å²) in [6.07, 6.45) is 7.43. The Morgan fingerprint density at radius 3 is 3.19 bits per heavy atom. The first-order valence-corrected chi connectivity index (χ1v) is 9.16. The first kappa shape index (κ1) is 15.0. The molecule has 1 amide bonds. The molecule has 2 heterocycles. The summed E-state index contributed by atoms with van der Waals surface area (Å²) in [4.78, 5) is 15.9. The first-order chi connectivity index (χ1) is 10.2. The molecule has 1 aromatic heterocycles. The number of nitrogens with zero attached hydrogens (tertiary/aromatic N) is 1. The van der Waals surface area contributed by atoms with E-state index >= 15 is 0 Å². The lowest BCUT2D eigenvalue weighted by molar-refractivity contribution is -0.131. The quantitative estimate of drug-likeness (QED) is 0.870. The molecule has 1 N–H and O–H groups in total. The van der Waals surface area contributed by atoms with E-state index in [1.54, 1.807) is 0 Å². The summed E-state index contributed by atoms with van der Waals surface area (Å²) in [5.41, 5.74) is 1.35. The van der Waals surface area contributed by atoms with Gasteiger partial charge < -0.3 is 10.2 Å². The molecule has 2 atom stereocenters. The molecule has 21 heavy (non-hydrogen) atoms. The summed E-state index contributed by atoms with van der Waals surface area (Å²) in [6, 6.07) is 2.71. The number of fused-ring (bicyclic) bond motifs is 1. The van der Waals surface area contributed by atoms with Crippen LogP contribution in [0.25, 0.3) is 0 Å².